The van der Waals surface area contributed by atoms with Gasteiger partial charge < -0.3 is 10.1 Å². The number of nitrogens with zero attached hydrogens (tertiary/aromatic N) is 2. The van der Waals surface area contributed by atoms with Gasteiger partial charge in [0.1, 0.15) is 16.6 Å². The van der Waals surface area contributed by atoms with E-state index in [-0.39, 0.29) is 11.5 Å². The second-order valence-corrected chi connectivity index (χ2v) is 9.20. The maximum atomic E-state index is 13.7. The SMILES string of the molecule is CCC(C(=O)Nc1ccccc1OC)n1cnc2scc(-c3ccc(-c4ccccc4)cc3)c2c1=O. The van der Waals surface area contributed by atoms with Crippen molar-refractivity contribution in [1.29, 1.82) is 0 Å². The Morgan fingerprint density at radius 1 is 0.972 bits per heavy atom. The first kappa shape index (κ1) is 23.5. The second kappa shape index (κ2) is 10.2. The van der Waals surface area contributed by atoms with Crippen LogP contribution in [-0.4, -0.2) is 22.6 Å². The molecule has 0 saturated carbocycles. The van der Waals surface area contributed by atoms with E-state index in [4.69, 9.17) is 4.74 Å². The molecule has 1 atom stereocenters. The molecule has 1 unspecified atom stereocenters. The second-order valence-electron chi connectivity index (χ2n) is 8.34. The quantitative estimate of drug-likeness (QED) is 0.284. The van der Waals surface area contributed by atoms with Gasteiger partial charge in [-0.05, 0) is 35.2 Å². The van der Waals surface area contributed by atoms with Crippen molar-refractivity contribution in [3.8, 4) is 28.0 Å². The van der Waals surface area contributed by atoms with Crippen LogP contribution in [0.3, 0.4) is 0 Å². The summed E-state index contributed by atoms with van der Waals surface area (Å²) < 4.78 is 6.78. The molecular formula is C29H25N3O3S. The molecule has 0 spiro atoms. The zero-order valence-electron chi connectivity index (χ0n) is 20.0. The van der Waals surface area contributed by atoms with Crippen LogP contribution in [0, 0.1) is 0 Å². The van der Waals surface area contributed by atoms with Crippen LogP contribution in [0.4, 0.5) is 5.69 Å². The number of carbonyl (C=O) groups excluding carboxylic acids is 1. The van der Waals surface area contributed by atoms with E-state index in [1.54, 1.807) is 19.2 Å². The van der Waals surface area contributed by atoms with Crippen molar-refractivity contribution in [3.05, 3.63) is 101 Å². The fourth-order valence-electron chi connectivity index (χ4n) is 4.33. The number of methoxy groups -OCH3 is 1. The smallest absolute Gasteiger partial charge is 0.263 e. The van der Waals surface area contributed by atoms with E-state index in [2.05, 4.69) is 34.6 Å². The molecule has 36 heavy (non-hydrogen) atoms. The molecule has 5 rings (SSSR count). The van der Waals surface area contributed by atoms with Crippen molar-refractivity contribution in [2.24, 2.45) is 0 Å². The summed E-state index contributed by atoms with van der Waals surface area (Å²) in [6.45, 7) is 1.87. The summed E-state index contributed by atoms with van der Waals surface area (Å²) in [5.41, 5.74) is 4.32. The molecule has 0 fully saturated rings. The first-order valence-electron chi connectivity index (χ1n) is 11.7. The molecule has 0 aliphatic carbocycles. The summed E-state index contributed by atoms with van der Waals surface area (Å²) in [5.74, 6) is 0.259. The average Bonchev–Trinajstić information content (AvgIpc) is 3.36. The zero-order valence-corrected chi connectivity index (χ0v) is 20.8. The third-order valence-corrected chi connectivity index (χ3v) is 7.10. The summed E-state index contributed by atoms with van der Waals surface area (Å²) in [5, 5.41) is 5.38. The average molecular weight is 496 g/mol. The Labute approximate surface area is 212 Å². The summed E-state index contributed by atoms with van der Waals surface area (Å²) in [6, 6.07) is 24.8. The highest BCUT2D eigenvalue weighted by Crippen LogP contribution is 2.33. The van der Waals surface area contributed by atoms with E-state index in [0.717, 1.165) is 22.3 Å². The predicted octanol–water partition coefficient (Wildman–Crippen LogP) is 6.39. The fourth-order valence-corrected chi connectivity index (χ4v) is 5.23. The van der Waals surface area contributed by atoms with Crippen molar-refractivity contribution < 1.29 is 9.53 Å². The number of hydrogen-bond donors (Lipinski definition) is 1. The third kappa shape index (κ3) is 4.41. The van der Waals surface area contributed by atoms with Crippen LogP contribution >= 0.6 is 11.3 Å². The highest BCUT2D eigenvalue weighted by Gasteiger charge is 2.23. The molecule has 1 amide bonds. The molecule has 0 aliphatic heterocycles. The number of thiophene rings is 1. The number of benzene rings is 3. The molecule has 0 bridgehead atoms. The minimum absolute atomic E-state index is 0.231. The predicted molar refractivity (Wildman–Crippen MR) is 146 cm³/mol. The number of carbonyl (C=O) groups is 1. The zero-order chi connectivity index (χ0) is 25.1. The topological polar surface area (TPSA) is 73.2 Å². The van der Waals surface area contributed by atoms with Crippen molar-refractivity contribution in [2.45, 2.75) is 19.4 Å². The molecule has 6 nitrogen and oxygen atoms in total. The molecular weight excluding hydrogens is 470 g/mol. The van der Waals surface area contributed by atoms with Crippen LogP contribution in [0.15, 0.2) is 95.4 Å². The highest BCUT2D eigenvalue weighted by atomic mass is 32.1. The van der Waals surface area contributed by atoms with Crippen molar-refractivity contribution in [3.63, 3.8) is 0 Å². The van der Waals surface area contributed by atoms with E-state index in [9.17, 15) is 9.59 Å². The first-order valence-corrected chi connectivity index (χ1v) is 12.6. The van der Waals surface area contributed by atoms with E-state index in [1.807, 2.05) is 54.8 Å². The van der Waals surface area contributed by atoms with Gasteiger partial charge in [-0.15, -0.1) is 11.3 Å². The Morgan fingerprint density at radius 2 is 1.64 bits per heavy atom. The van der Waals surface area contributed by atoms with Crippen LogP contribution < -0.4 is 15.6 Å². The maximum absolute atomic E-state index is 13.7. The van der Waals surface area contributed by atoms with E-state index in [0.29, 0.717) is 28.1 Å². The van der Waals surface area contributed by atoms with Crippen LogP contribution in [0.1, 0.15) is 19.4 Å². The summed E-state index contributed by atoms with van der Waals surface area (Å²) >= 11 is 1.43. The summed E-state index contributed by atoms with van der Waals surface area (Å²) in [7, 11) is 1.55. The minimum atomic E-state index is -0.715. The molecule has 180 valence electrons. The van der Waals surface area contributed by atoms with E-state index < -0.39 is 6.04 Å². The van der Waals surface area contributed by atoms with Crippen molar-refractivity contribution >= 4 is 33.1 Å². The summed E-state index contributed by atoms with van der Waals surface area (Å²) in [4.78, 5) is 32.1. The maximum Gasteiger partial charge on any atom is 0.263 e. The van der Waals surface area contributed by atoms with Gasteiger partial charge in [0, 0.05) is 10.9 Å². The van der Waals surface area contributed by atoms with Crippen LogP contribution in [-0.2, 0) is 4.79 Å². The molecule has 1 N–H and O–H groups in total. The summed E-state index contributed by atoms with van der Waals surface area (Å²) in [6.07, 6.45) is 1.90. The number of amides is 1. The van der Waals surface area contributed by atoms with Crippen LogP contribution in [0.25, 0.3) is 32.5 Å². The number of nitrogens with one attached hydrogen (secondary N) is 1. The Hall–Kier alpha value is -4.23. The Kier molecular flexibility index (Phi) is 6.64. The number of fused-ring (bicyclic) bond motifs is 1. The largest absolute Gasteiger partial charge is 0.495 e. The number of ether oxygens (including phenoxy) is 1. The fraction of sp³-hybridized carbons (Fsp3) is 0.138. The lowest BCUT2D eigenvalue weighted by molar-refractivity contribution is -0.119. The van der Waals surface area contributed by atoms with Crippen LogP contribution in [0.2, 0.25) is 0 Å². The standard InChI is InChI=1S/C29H25N3O3S/c1-3-24(27(33)31-23-11-7-8-12-25(23)35-2)32-18-30-28-26(29(32)34)22(17-36-28)21-15-13-20(14-16-21)19-9-5-4-6-10-19/h4-18,24H,3H2,1-2H3,(H,31,33). The third-order valence-electron chi connectivity index (χ3n) is 6.21. The van der Waals surface area contributed by atoms with Gasteiger partial charge in [-0.25, -0.2) is 4.98 Å². The molecule has 0 saturated heterocycles. The number of anilines is 1. The van der Waals surface area contributed by atoms with Gasteiger partial charge in [0.25, 0.3) is 5.56 Å². The molecule has 2 aromatic heterocycles. The number of para-hydroxylation sites is 2. The minimum Gasteiger partial charge on any atom is -0.495 e. The van der Waals surface area contributed by atoms with Crippen molar-refractivity contribution in [2.75, 3.05) is 12.4 Å². The normalized spacial score (nSPS) is 11.8. The lowest BCUT2D eigenvalue weighted by Gasteiger charge is -2.18. The monoisotopic (exact) mass is 495 g/mol. The van der Waals surface area contributed by atoms with Gasteiger partial charge in [0.2, 0.25) is 5.91 Å². The van der Waals surface area contributed by atoms with Gasteiger partial charge in [0.05, 0.1) is 24.5 Å². The van der Waals surface area contributed by atoms with Gasteiger partial charge in [-0.3, -0.25) is 14.2 Å². The lowest BCUT2D eigenvalue weighted by atomic mass is 10.0. The van der Waals surface area contributed by atoms with Crippen LogP contribution in [0.5, 0.6) is 5.75 Å². The molecule has 3 aromatic carbocycles. The van der Waals surface area contributed by atoms with Gasteiger partial charge in [0.15, 0.2) is 0 Å². The number of rotatable bonds is 7. The molecule has 0 aliphatic rings. The molecule has 0 radical (unpaired) electrons. The molecule has 2 heterocycles. The highest BCUT2D eigenvalue weighted by molar-refractivity contribution is 7.17. The Morgan fingerprint density at radius 3 is 2.36 bits per heavy atom. The first-order chi connectivity index (χ1) is 17.6. The van der Waals surface area contributed by atoms with Gasteiger partial charge in [-0.2, -0.15) is 0 Å². The molecule has 5 aromatic rings. The Balaban J connectivity index is 1.50. The van der Waals surface area contributed by atoms with Gasteiger partial charge >= 0.3 is 0 Å². The van der Waals surface area contributed by atoms with E-state index >= 15 is 0 Å². The number of hydrogen-bond acceptors (Lipinski definition) is 5. The molecule has 7 heteroatoms. The Bertz CT molecular complexity index is 1570. The lowest BCUT2D eigenvalue weighted by Crippen LogP contribution is -2.33. The van der Waals surface area contributed by atoms with Gasteiger partial charge in [-0.1, -0.05) is 73.7 Å². The van der Waals surface area contributed by atoms with E-state index in [1.165, 1.54) is 22.2 Å². The number of aromatic nitrogens is 2. The van der Waals surface area contributed by atoms with Crippen molar-refractivity contribution in [1.82, 2.24) is 9.55 Å².